The van der Waals surface area contributed by atoms with Crippen molar-refractivity contribution in [2.45, 2.75) is 37.5 Å². The number of aliphatic hydroxyl groups excluding tert-OH is 1. The third kappa shape index (κ3) is 2.13. The van der Waals surface area contributed by atoms with Crippen LogP contribution < -0.4 is 10.6 Å². The van der Waals surface area contributed by atoms with Gasteiger partial charge >= 0.3 is 0 Å². The van der Waals surface area contributed by atoms with Gasteiger partial charge in [-0.2, -0.15) is 0 Å². The van der Waals surface area contributed by atoms with Crippen LogP contribution in [0.4, 0.5) is 0 Å². The van der Waals surface area contributed by atoms with Gasteiger partial charge in [0.05, 0.1) is 18.2 Å². The summed E-state index contributed by atoms with van der Waals surface area (Å²) in [4.78, 5) is 12.1. The lowest BCUT2D eigenvalue weighted by atomic mass is 10.1. The fourth-order valence-corrected chi connectivity index (χ4v) is 2.90. The fraction of sp³-hybridized carbons (Fsp3) is 0.500. The van der Waals surface area contributed by atoms with Crippen LogP contribution in [0.15, 0.2) is 24.3 Å². The van der Waals surface area contributed by atoms with Crippen molar-refractivity contribution in [1.29, 1.82) is 0 Å². The van der Waals surface area contributed by atoms with Crippen molar-refractivity contribution in [2.24, 2.45) is 0 Å². The maximum atomic E-state index is 12.1. The number of hydrogen-bond donors (Lipinski definition) is 3. The third-order valence-corrected chi connectivity index (χ3v) is 3.87. The Balaban J connectivity index is 1.66. The average molecular weight is 246 g/mol. The molecule has 96 valence electrons. The predicted octanol–water partition coefficient (Wildman–Crippen LogP) is 0.513. The van der Waals surface area contributed by atoms with Crippen LogP contribution in [0.1, 0.15) is 30.0 Å². The van der Waals surface area contributed by atoms with Gasteiger partial charge in [-0.05, 0) is 30.4 Å². The first-order chi connectivity index (χ1) is 8.74. The largest absolute Gasteiger partial charge is 0.392 e. The number of β-amino-alcohol motifs (C(OH)–C–C–N with tert-alkyl or cyclic N) is 1. The molecule has 1 amide bonds. The topological polar surface area (TPSA) is 61.4 Å². The van der Waals surface area contributed by atoms with E-state index >= 15 is 0 Å². The van der Waals surface area contributed by atoms with E-state index in [4.69, 9.17) is 0 Å². The summed E-state index contributed by atoms with van der Waals surface area (Å²) in [5.41, 5.74) is 2.58. The zero-order chi connectivity index (χ0) is 12.5. The average Bonchev–Trinajstić information content (AvgIpc) is 2.97. The molecule has 3 atom stereocenters. The van der Waals surface area contributed by atoms with Gasteiger partial charge in [0.15, 0.2) is 0 Å². The minimum Gasteiger partial charge on any atom is -0.392 e. The molecule has 0 radical (unpaired) electrons. The molecule has 4 heteroatoms. The Labute approximate surface area is 106 Å². The second kappa shape index (κ2) is 4.71. The highest BCUT2D eigenvalue weighted by molar-refractivity contribution is 5.82. The number of benzene rings is 1. The summed E-state index contributed by atoms with van der Waals surface area (Å²) in [5, 5.41) is 15.6. The smallest absolute Gasteiger partial charge is 0.237 e. The van der Waals surface area contributed by atoms with Crippen LogP contribution in [-0.2, 0) is 11.2 Å². The Morgan fingerprint density at radius 3 is 3.00 bits per heavy atom. The van der Waals surface area contributed by atoms with Crippen LogP contribution in [0.2, 0.25) is 0 Å². The first-order valence-corrected chi connectivity index (χ1v) is 6.53. The summed E-state index contributed by atoms with van der Waals surface area (Å²) < 4.78 is 0. The molecule has 0 bridgehead atoms. The monoisotopic (exact) mass is 246 g/mol. The van der Waals surface area contributed by atoms with Crippen LogP contribution in [0, 0.1) is 0 Å². The summed E-state index contributed by atoms with van der Waals surface area (Å²) in [6.45, 7) is 0.513. The normalized spacial score (nSPS) is 30.2. The molecule has 3 N–H and O–H groups in total. The summed E-state index contributed by atoms with van der Waals surface area (Å²) in [7, 11) is 0. The van der Waals surface area contributed by atoms with Crippen molar-refractivity contribution < 1.29 is 9.90 Å². The molecule has 0 saturated carbocycles. The van der Waals surface area contributed by atoms with E-state index in [2.05, 4.69) is 22.8 Å². The van der Waals surface area contributed by atoms with Gasteiger partial charge in [0, 0.05) is 6.54 Å². The lowest BCUT2D eigenvalue weighted by Gasteiger charge is -2.17. The van der Waals surface area contributed by atoms with Crippen LogP contribution in [-0.4, -0.2) is 29.7 Å². The predicted molar refractivity (Wildman–Crippen MR) is 68.1 cm³/mol. The number of rotatable bonds is 2. The Morgan fingerprint density at radius 2 is 2.22 bits per heavy atom. The van der Waals surface area contributed by atoms with Gasteiger partial charge in [-0.3, -0.25) is 4.79 Å². The molecular formula is C14H18N2O2. The molecule has 3 rings (SSSR count). The minimum atomic E-state index is -0.392. The Bertz CT molecular complexity index is 461. The number of fused-ring (bicyclic) bond motifs is 1. The van der Waals surface area contributed by atoms with Gasteiger partial charge in [0.2, 0.25) is 5.91 Å². The maximum Gasteiger partial charge on any atom is 0.237 e. The molecular weight excluding hydrogens is 228 g/mol. The molecule has 4 nitrogen and oxygen atoms in total. The zero-order valence-corrected chi connectivity index (χ0v) is 10.2. The quantitative estimate of drug-likeness (QED) is 0.712. The highest BCUT2D eigenvalue weighted by Gasteiger charge is 2.31. The number of carbonyl (C=O) groups is 1. The molecule has 1 heterocycles. The molecule has 1 aromatic carbocycles. The fourth-order valence-electron chi connectivity index (χ4n) is 2.90. The van der Waals surface area contributed by atoms with Crippen LogP contribution in [0.3, 0.4) is 0 Å². The number of aryl methyl sites for hydroxylation is 1. The second-order valence-corrected chi connectivity index (χ2v) is 5.15. The van der Waals surface area contributed by atoms with Gasteiger partial charge in [-0.1, -0.05) is 24.3 Å². The van der Waals surface area contributed by atoms with Gasteiger partial charge < -0.3 is 15.7 Å². The van der Waals surface area contributed by atoms with E-state index in [0.717, 1.165) is 12.8 Å². The Hall–Kier alpha value is -1.39. The molecule has 1 fully saturated rings. The van der Waals surface area contributed by atoms with E-state index in [-0.39, 0.29) is 18.0 Å². The number of aliphatic hydroxyl groups is 1. The zero-order valence-electron chi connectivity index (χ0n) is 10.2. The Morgan fingerprint density at radius 1 is 1.39 bits per heavy atom. The number of carbonyl (C=O) groups excluding carboxylic acids is 1. The van der Waals surface area contributed by atoms with E-state index in [0.29, 0.717) is 13.0 Å². The molecule has 1 aliphatic heterocycles. The van der Waals surface area contributed by atoms with Gasteiger partial charge in [-0.25, -0.2) is 0 Å². The number of amides is 1. The van der Waals surface area contributed by atoms with Crippen LogP contribution >= 0.6 is 0 Å². The van der Waals surface area contributed by atoms with Crippen LogP contribution in [0.5, 0.6) is 0 Å². The summed E-state index contributed by atoms with van der Waals surface area (Å²) in [6, 6.07) is 8.16. The van der Waals surface area contributed by atoms with E-state index in [9.17, 15) is 9.90 Å². The van der Waals surface area contributed by atoms with Crippen molar-refractivity contribution in [3.05, 3.63) is 35.4 Å². The van der Waals surface area contributed by atoms with Crippen LogP contribution in [0.25, 0.3) is 0 Å². The highest BCUT2D eigenvalue weighted by Crippen LogP contribution is 2.30. The van der Waals surface area contributed by atoms with E-state index in [1.54, 1.807) is 0 Å². The molecule has 0 spiro atoms. The maximum absolute atomic E-state index is 12.1. The first-order valence-electron chi connectivity index (χ1n) is 6.53. The molecule has 0 aromatic heterocycles. The van der Waals surface area contributed by atoms with Gasteiger partial charge in [0.1, 0.15) is 0 Å². The second-order valence-electron chi connectivity index (χ2n) is 5.15. The molecule has 2 aliphatic rings. The first kappa shape index (κ1) is 11.7. The van der Waals surface area contributed by atoms with E-state index < -0.39 is 6.10 Å². The van der Waals surface area contributed by atoms with Gasteiger partial charge in [-0.15, -0.1) is 0 Å². The minimum absolute atomic E-state index is 0.00764. The van der Waals surface area contributed by atoms with Crippen molar-refractivity contribution in [3.8, 4) is 0 Å². The van der Waals surface area contributed by atoms with Crippen molar-refractivity contribution in [3.63, 3.8) is 0 Å². The molecule has 1 aromatic rings. The lowest BCUT2D eigenvalue weighted by Crippen LogP contribution is -2.41. The Kier molecular flexibility index (Phi) is 3.06. The molecule has 18 heavy (non-hydrogen) atoms. The van der Waals surface area contributed by atoms with Crippen molar-refractivity contribution >= 4 is 5.91 Å². The standard InChI is InChI=1S/C14H18N2O2/c17-10-7-13(15-8-10)14(18)16-12-6-5-9-3-1-2-4-11(9)12/h1-4,10,12-13,15,17H,5-8H2,(H,16,18)/t10-,12-,13-/m1/s1. The summed E-state index contributed by atoms with van der Waals surface area (Å²) in [6.07, 6.45) is 2.12. The van der Waals surface area contributed by atoms with Crippen molar-refractivity contribution in [1.82, 2.24) is 10.6 Å². The van der Waals surface area contributed by atoms with Crippen molar-refractivity contribution in [2.75, 3.05) is 6.54 Å². The SMILES string of the molecule is O=C(N[C@@H]1CCc2ccccc21)[C@H]1C[C@@H](O)CN1. The molecule has 1 aliphatic carbocycles. The number of nitrogens with one attached hydrogen (secondary N) is 2. The molecule has 1 saturated heterocycles. The summed E-state index contributed by atoms with van der Waals surface area (Å²) >= 11 is 0. The highest BCUT2D eigenvalue weighted by atomic mass is 16.3. The number of hydrogen-bond acceptors (Lipinski definition) is 3. The molecule has 0 unspecified atom stereocenters. The van der Waals surface area contributed by atoms with Gasteiger partial charge in [0.25, 0.3) is 0 Å². The van der Waals surface area contributed by atoms with E-state index in [1.165, 1.54) is 11.1 Å². The lowest BCUT2D eigenvalue weighted by molar-refractivity contribution is -0.123. The summed E-state index contributed by atoms with van der Waals surface area (Å²) in [5.74, 6) is 0.00764. The van der Waals surface area contributed by atoms with E-state index in [1.807, 2.05) is 12.1 Å². The third-order valence-electron chi connectivity index (χ3n) is 3.87.